The lowest BCUT2D eigenvalue weighted by Gasteiger charge is -2.13. The number of carbonyl (C=O) groups excluding carboxylic acids is 1. The maximum absolute atomic E-state index is 12.9. The molecule has 0 aliphatic rings. The molecule has 0 aliphatic heterocycles. The maximum atomic E-state index is 12.9. The number of anilines is 2. The standard InChI is InChI=1S/C18H16F3N3O/c1-12-2-5-15(10-16(12)18(19,20)21)23-11-17(25)24-14-6-3-13(4-7-14)8-9-22/h2-7,10,23H,8,11H2,1H3,(H,24,25). The van der Waals surface area contributed by atoms with Gasteiger partial charge in [0.1, 0.15) is 0 Å². The van der Waals surface area contributed by atoms with Crippen molar-refractivity contribution in [3.05, 3.63) is 59.2 Å². The molecule has 0 radical (unpaired) electrons. The van der Waals surface area contributed by atoms with Crippen LogP contribution in [-0.2, 0) is 17.4 Å². The van der Waals surface area contributed by atoms with Gasteiger partial charge in [-0.15, -0.1) is 0 Å². The van der Waals surface area contributed by atoms with E-state index in [0.29, 0.717) is 5.69 Å². The quantitative estimate of drug-likeness (QED) is 0.855. The number of rotatable bonds is 5. The molecular weight excluding hydrogens is 331 g/mol. The van der Waals surface area contributed by atoms with E-state index in [1.807, 2.05) is 6.07 Å². The molecule has 0 heterocycles. The van der Waals surface area contributed by atoms with Gasteiger partial charge in [-0.2, -0.15) is 18.4 Å². The van der Waals surface area contributed by atoms with Gasteiger partial charge in [0.05, 0.1) is 24.6 Å². The number of benzene rings is 2. The van der Waals surface area contributed by atoms with E-state index in [2.05, 4.69) is 10.6 Å². The molecule has 7 heteroatoms. The highest BCUT2D eigenvalue weighted by molar-refractivity contribution is 5.93. The Morgan fingerprint density at radius 3 is 2.36 bits per heavy atom. The number of hydrogen-bond donors (Lipinski definition) is 2. The van der Waals surface area contributed by atoms with E-state index >= 15 is 0 Å². The fraction of sp³-hybridized carbons (Fsp3) is 0.222. The van der Waals surface area contributed by atoms with Crippen molar-refractivity contribution in [1.82, 2.24) is 0 Å². The number of aryl methyl sites for hydroxylation is 1. The molecule has 0 aromatic heterocycles. The molecule has 2 aromatic rings. The van der Waals surface area contributed by atoms with Crippen LogP contribution in [0.15, 0.2) is 42.5 Å². The van der Waals surface area contributed by atoms with Gasteiger partial charge in [0.15, 0.2) is 0 Å². The Morgan fingerprint density at radius 1 is 1.12 bits per heavy atom. The van der Waals surface area contributed by atoms with E-state index in [4.69, 9.17) is 5.26 Å². The van der Waals surface area contributed by atoms with Crippen molar-refractivity contribution in [3.63, 3.8) is 0 Å². The highest BCUT2D eigenvalue weighted by Gasteiger charge is 2.32. The molecule has 4 nitrogen and oxygen atoms in total. The summed E-state index contributed by atoms with van der Waals surface area (Å²) in [5, 5.41) is 13.9. The first-order valence-corrected chi connectivity index (χ1v) is 7.47. The number of nitriles is 1. The molecule has 130 valence electrons. The monoisotopic (exact) mass is 347 g/mol. The van der Waals surface area contributed by atoms with Crippen molar-refractivity contribution in [2.75, 3.05) is 17.2 Å². The van der Waals surface area contributed by atoms with Gasteiger partial charge in [-0.1, -0.05) is 18.2 Å². The van der Waals surface area contributed by atoms with Crippen molar-refractivity contribution in [1.29, 1.82) is 5.26 Å². The van der Waals surface area contributed by atoms with E-state index in [9.17, 15) is 18.0 Å². The number of carbonyl (C=O) groups is 1. The van der Waals surface area contributed by atoms with Gasteiger partial charge in [0, 0.05) is 11.4 Å². The molecule has 0 bridgehead atoms. The molecule has 25 heavy (non-hydrogen) atoms. The van der Waals surface area contributed by atoms with Crippen LogP contribution in [0.3, 0.4) is 0 Å². The van der Waals surface area contributed by atoms with E-state index in [1.165, 1.54) is 19.1 Å². The van der Waals surface area contributed by atoms with Crippen LogP contribution in [0.5, 0.6) is 0 Å². The van der Waals surface area contributed by atoms with Crippen molar-refractivity contribution in [2.45, 2.75) is 19.5 Å². The van der Waals surface area contributed by atoms with Gasteiger partial charge in [-0.3, -0.25) is 4.79 Å². The van der Waals surface area contributed by atoms with Crippen molar-refractivity contribution >= 4 is 17.3 Å². The smallest absolute Gasteiger partial charge is 0.376 e. The summed E-state index contributed by atoms with van der Waals surface area (Å²) in [6.45, 7) is 1.22. The lowest BCUT2D eigenvalue weighted by atomic mass is 10.1. The third kappa shape index (κ3) is 5.24. The summed E-state index contributed by atoms with van der Waals surface area (Å²) in [7, 11) is 0. The van der Waals surface area contributed by atoms with Gasteiger partial charge in [0.2, 0.25) is 5.91 Å². The normalized spacial score (nSPS) is 10.8. The Hall–Kier alpha value is -3.01. The molecule has 2 N–H and O–H groups in total. The second-order valence-electron chi connectivity index (χ2n) is 5.46. The number of amides is 1. The number of nitrogens with one attached hydrogen (secondary N) is 2. The molecule has 0 fully saturated rings. The topological polar surface area (TPSA) is 64.9 Å². The van der Waals surface area contributed by atoms with Crippen molar-refractivity contribution in [2.24, 2.45) is 0 Å². The van der Waals surface area contributed by atoms with E-state index < -0.39 is 11.7 Å². The molecule has 2 rings (SSSR count). The largest absolute Gasteiger partial charge is 0.416 e. The average molecular weight is 347 g/mol. The van der Waals surface area contributed by atoms with Crippen LogP contribution in [0, 0.1) is 18.3 Å². The van der Waals surface area contributed by atoms with Gasteiger partial charge in [0.25, 0.3) is 0 Å². The zero-order valence-electron chi connectivity index (χ0n) is 13.4. The Morgan fingerprint density at radius 2 is 1.76 bits per heavy atom. The summed E-state index contributed by atoms with van der Waals surface area (Å²) in [5.41, 5.74) is 0.995. The Balaban J connectivity index is 1.95. The molecular formula is C18H16F3N3O. The van der Waals surface area contributed by atoms with E-state index in [0.717, 1.165) is 11.6 Å². The van der Waals surface area contributed by atoms with Gasteiger partial charge in [-0.05, 0) is 42.3 Å². The molecule has 0 atom stereocenters. The Kier molecular flexibility index (Phi) is 5.65. The first-order valence-electron chi connectivity index (χ1n) is 7.47. The summed E-state index contributed by atoms with van der Waals surface area (Å²) >= 11 is 0. The fourth-order valence-corrected chi connectivity index (χ4v) is 2.22. The first-order chi connectivity index (χ1) is 11.8. The van der Waals surface area contributed by atoms with Gasteiger partial charge < -0.3 is 10.6 Å². The van der Waals surface area contributed by atoms with Crippen LogP contribution in [-0.4, -0.2) is 12.5 Å². The SMILES string of the molecule is Cc1ccc(NCC(=O)Nc2ccc(CC#N)cc2)cc1C(F)(F)F. The minimum absolute atomic E-state index is 0.125. The first kappa shape index (κ1) is 18.3. The summed E-state index contributed by atoms with van der Waals surface area (Å²) in [6, 6.07) is 12.6. The number of halogens is 3. The van der Waals surface area contributed by atoms with Crippen molar-refractivity contribution in [3.8, 4) is 6.07 Å². The van der Waals surface area contributed by atoms with Crippen LogP contribution in [0.2, 0.25) is 0 Å². The number of alkyl halides is 3. The van der Waals surface area contributed by atoms with E-state index in [-0.39, 0.29) is 30.1 Å². The molecule has 1 amide bonds. The molecule has 0 spiro atoms. The van der Waals surface area contributed by atoms with E-state index in [1.54, 1.807) is 24.3 Å². The Labute approximate surface area is 143 Å². The Bertz CT molecular complexity index is 793. The highest BCUT2D eigenvalue weighted by Crippen LogP contribution is 2.33. The zero-order chi connectivity index (χ0) is 18.4. The third-order valence-electron chi connectivity index (χ3n) is 3.52. The van der Waals surface area contributed by atoms with Crippen molar-refractivity contribution < 1.29 is 18.0 Å². The van der Waals surface area contributed by atoms with Gasteiger partial charge >= 0.3 is 6.18 Å². The zero-order valence-corrected chi connectivity index (χ0v) is 13.4. The van der Waals surface area contributed by atoms with Crippen LogP contribution >= 0.6 is 0 Å². The lowest BCUT2D eigenvalue weighted by molar-refractivity contribution is -0.138. The predicted octanol–water partition coefficient (Wildman–Crippen LogP) is 4.13. The minimum atomic E-state index is -4.44. The summed E-state index contributed by atoms with van der Waals surface area (Å²) in [5.74, 6) is -0.387. The predicted molar refractivity (Wildman–Crippen MR) is 89.1 cm³/mol. The van der Waals surface area contributed by atoms with Crippen LogP contribution in [0.1, 0.15) is 16.7 Å². The summed E-state index contributed by atoms with van der Waals surface area (Å²) in [4.78, 5) is 11.9. The van der Waals surface area contributed by atoms with Crippen LogP contribution in [0.4, 0.5) is 24.5 Å². The molecule has 0 saturated heterocycles. The average Bonchev–Trinajstić information content (AvgIpc) is 2.55. The lowest BCUT2D eigenvalue weighted by Crippen LogP contribution is -2.22. The summed E-state index contributed by atoms with van der Waals surface area (Å²) < 4.78 is 38.6. The van der Waals surface area contributed by atoms with Crippen LogP contribution in [0.25, 0.3) is 0 Å². The number of hydrogen-bond acceptors (Lipinski definition) is 3. The molecule has 0 aliphatic carbocycles. The molecule has 2 aromatic carbocycles. The highest BCUT2D eigenvalue weighted by atomic mass is 19.4. The summed E-state index contributed by atoms with van der Waals surface area (Å²) in [6.07, 6.45) is -4.15. The second kappa shape index (κ2) is 7.71. The second-order valence-corrected chi connectivity index (χ2v) is 5.46. The van der Waals surface area contributed by atoms with Crippen LogP contribution < -0.4 is 10.6 Å². The molecule has 0 saturated carbocycles. The molecule has 0 unspecified atom stereocenters. The maximum Gasteiger partial charge on any atom is 0.416 e. The third-order valence-corrected chi connectivity index (χ3v) is 3.52. The van der Waals surface area contributed by atoms with Gasteiger partial charge in [-0.25, -0.2) is 0 Å². The number of nitrogens with zero attached hydrogens (tertiary/aromatic N) is 1. The fourth-order valence-electron chi connectivity index (χ4n) is 2.22. The minimum Gasteiger partial charge on any atom is -0.376 e.